The van der Waals surface area contributed by atoms with Crippen LogP contribution in [0, 0.1) is 0 Å². The standard InChI is InChI=1S/C15H15Br2NO/c1-10(11-5-7-18-8-6-11)15(17)12-3-4-14(19-2)13(16)9-12/h3-10,15H,1-2H3. The van der Waals surface area contributed by atoms with Crippen molar-refractivity contribution < 1.29 is 4.74 Å². The van der Waals surface area contributed by atoms with Gasteiger partial charge in [-0.25, -0.2) is 0 Å². The number of aromatic nitrogens is 1. The number of nitrogens with zero attached hydrogens (tertiary/aromatic N) is 1. The first-order valence-electron chi connectivity index (χ1n) is 6.01. The van der Waals surface area contributed by atoms with Crippen LogP contribution in [0.4, 0.5) is 0 Å². The van der Waals surface area contributed by atoms with E-state index >= 15 is 0 Å². The third-order valence-corrected chi connectivity index (χ3v) is 5.11. The van der Waals surface area contributed by atoms with Crippen molar-refractivity contribution in [1.82, 2.24) is 4.98 Å². The first kappa shape index (κ1) is 14.5. The molecular weight excluding hydrogens is 370 g/mol. The molecule has 0 fully saturated rings. The van der Waals surface area contributed by atoms with Crippen LogP contribution in [0.1, 0.15) is 28.8 Å². The number of rotatable bonds is 4. The summed E-state index contributed by atoms with van der Waals surface area (Å²) >= 11 is 7.31. The number of hydrogen-bond acceptors (Lipinski definition) is 2. The van der Waals surface area contributed by atoms with E-state index in [9.17, 15) is 0 Å². The Kier molecular flexibility index (Phi) is 4.99. The quantitative estimate of drug-likeness (QED) is 0.684. The maximum atomic E-state index is 5.25. The van der Waals surface area contributed by atoms with Crippen molar-refractivity contribution in [3.63, 3.8) is 0 Å². The van der Waals surface area contributed by atoms with Crippen LogP contribution in [0.5, 0.6) is 5.75 Å². The van der Waals surface area contributed by atoms with Crippen LogP contribution >= 0.6 is 31.9 Å². The van der Waals surface area contributed by atoms with E-state index in [1.54, 1.807) is 7.11 Å². The third kappa shape index (κ3) is 3.37. The fourth-order valence-corrected chi connectivity index (χ4v) is 3.13. The summed E-state index contributed by atoms with van der Waals surface area (Å²) < 4.78 is 6.23. The molecule has 0 saturated carbocycles. The van der Waals surface area contributed by atoms with Crippen LogP contribution < -0.4 is 4.74 Å². The molecule has 0 aliphatic carbocycles. The Balaban J connectivity index is 2.24. The van der Waals surface area contributed by atoms with Gasteiger partial charge in [-0.3, -0.25) is 4.98 Å². The van der Waals surface area contributed by atoms with Gasteiger partial charge >= 0.3 is 0 Å². The predicted octanol–water partition coefficient (Wildman–Crippen LogP) is 5.09. The smallest absolute Gasteiger partial charge is 0.133 e. The van der Waals surface area contributed by atoms with Gasteiger partial charge in [-0.05, 0) is 57.2 Å². The van der Waals surface area contributed by atoms with Gasteiger partial charge in [0.2, 0.25) is 0 Å². The number of benzene rings is 1. The zero-order valence-electron chi connectivity index (χ0n) is 10.8. The highest BCUT2D eigenvalue weighted by Gasteiger charge is 2.18. The molecule has 0 radical (unpaired) electrons. The van der Waals surface area contributed by atoms with Gasteiger partial charge in [0.25, 0.3) is 0 Å². The fourth-order valence-electron chi connectivity index (χ4n) is 1.98. The Hall–Kier alpha value is -0.870. The maximum absolute atomic E-state index is 5.25. The Morgan fingerprint density at radius 2 is 1.79 bits per heavy atom. The van der Waals surface area contributed by atoms with Crippen LogP contribution in [-0.4, -0.2) is 12.1 Å². The molecule has 1 aromatic carbocycles. The number of methoxy groups -OCH3 is 1. The lowest BCUT2D eigenvalue weighted by atomic mass is 9.94. The highest BCUT2D eigenvalue weighted by Crippen LogP contribution is 2.39. The topological polar surface area (TPSA) is 22.1 Å². The molecule has 0 aliphatic rings. The van der Waals surface area contributed by atoms with Crippen LogP contribution in [0.25, 0.3) is 0 Å². The minimum atomic E-state index is 0.247. The van der Waals surface area contributed by atoms with Crippen molar-refractivity contribution in [2.45, 2.75) is 17.7 Å². The summed E-state index contributed by atoms with van der Waals surface area (Å²) in [6.07, 6.45) is 3.66. The van der Waals surface area contributed by atoms with Gasteiger partial charge in [0.05, 0.1) is 11.6 Å². The normalized spacial score (nSPS) is 13.9. The molecule has 100 valence electrons. The summed E-state index contributed by atoms with van der Waals surface area (Å²) in [5, 5.41) is 0. The number of pyridine rings is 1. The second-order valence-electron chi connectivity index (χ2n) is 4.36. The van der Waals surface area contributed by atoms with E-state index in [2.05, 4.69) is 68.0 Å². The largest absolute Gasteiger partial charge is 0.496 e. The second kappa shape index (κ2) is 6.53. The van der Waals surface area contributed by atoms with Crippen LogP contribution in [0.3, 0.4) is 0 Å². The number of halogens is 2. The summed E-state index contributed by atoms with van der Waals surface area (Å²) in [5.41, 5.74) is 2.49. The SMILES string of the molecule is COc1ccc(C(Br)C(C)c2ccncc2)cc1Br. The molecule has 2 aromatic rings. The van der Waals surface area contributed by atoms with E-state index in [1.165, 1.54) is 11.1 Å². The van der Waals surface area contributed by atoms with Gasteiger partial charge in [0, 0.05) is 17.2 Å². The Morgan fingerprint density at radius 1 is 1.11 bits per heavy atom. The summed E-state index contributed by atoms with van der Waals surface area (Å²) in [5.74, 6) is 1.21. The molecule has 0 bridgehead atoms. The first-order valence-corrected chi connectivity index (χ1v) is 7.71. The highest BCUT2D eigenvalue weighted by molar-refractivity contribution is 9.10. The lowest BCUT2D eigenvalue weighted by Gasteiger charge is -2.19. The molecule has 19 heavy (non-hydrogen) atoms. The van der Waals surface area contributed by atoms with E-state index in [1.807, 2.05) is 18.5 Å². The molecule has 0 N–H and O–H groups in total. The highest BCUT2D eigenvalue weighted by atomic mass is 79.9. The molecule has 1 aromatic heterocycles. The molecule has 0 spiro atoms. The maximum Gasteiger partial charge on any atom is 0.133 e. The molecule has 0 aliphatic heterocycles. The van der Waals surface area contributed by atoms with Crippen LogP contribution in [0.2, 0.25) is 0 Å². The minimum absolute atomic E-state index is 0.247. The van der Waals surface area contributed by atoms with Crippen molar-refractivity contribution >= 4 is 31.9 Å². The average molecular weight is 385 g/mol. The summed E-state index contributed by atoms with van der Waals surface area (Å²) in [7, 11) is 1.67. The number of alkyl halides is 1. The third-order valence-electron chi connectivity index (χ3n) is 3.17. The molecule has 2 atom stereocenters. The van der Waals surface area contributed by atoms with Crippen LogP contribution in [-0.2, 0) is 0 Å². The van der Waals surface area contributed by atoms with E-state index in [0.29, 0.717) is 5.92 Å². The zero-order chi connectivity index (χ0) is 13.8. The van der Waals surface area contributed by atoms with Gasteiger partial charge in [-0.15, -0.1) is 0 Å². The van der Waals surface area contributed by atoms with Crippen molar-refractivity contribution in [3.8, 4) is 5.75 Å². The molecule has 2 rings (SSSR count). The van der Waals surface area contributed by atoms with Gasteiger partial charge < -0.3 is 4.74 Å². The Morgan fingerprint density at radius 3 is 2.37 bits per heavy atom. The first-order chi connectivity index (χ1) is 9.13. The van der Waals surface area contributed by atoms with Crippen molar-refractivity contribution in [3.05, 3.63) is 58.3 Å². The second-order valence-corrected chi connectivity index (χ2v) is 6.21. The van der Waals surface area contributed by atoms with Crippen molar-refractivity contribution in [1.29, 1.82) is 0 Å². The van der Waals surface area contributed by atoms with E-state index in [4.69, 9.17) is 4.74 Å². The summed E-state index contributed by atoms with van der Waals surface area (Å²) in [4.78, 5) is 4.30. The molecule has 4 heteroatoms. The average Bonchev–Trinajstić information content (AvgIpc) is 2.46. The Bertz CT molecular complexity index is 545. The number of hydrogen-bond donors (Lipinski definition) is 0. The molecule has 0 saturated heterocycles. The van der Waals surface area contributed by atoms with Crippen LogP contribution in [0.15, 0.2) is 47.2 Å². The van der Waals surface area contributed by atoms with Gasteiger partial charge in [0.1, 0.15) is 5.75 Å². The van der Waals surface area contributed by atoms with Gasteiger partial charge in [0.15, 0.2) is 0 Å². The van der Waals surface area contributed by atoms with Gasteiger partial charge in [-0.2, -0.15) is 0 Å². The summed E-state index contributed by atoms with van der Waals surface area (Å²) in [6.45, 7) is 2.20. The monoisotopic (exact) mass is 383 g/mol. The van der Waals surface area contributed by atoms with E-state index in [0.717, 1.165) is 10.2 Å². The lowest BCUT2D eigenvalue weighted by molar-refractivity contribution is 0.412. The Labute approximate surface area is 130 Å². The van der Waals surface area contributed by atoms with E-state index in [-0.39, 0.29) is 4.83 Å². The predicted molar refractivity (Wildman–Crippen MR) is 85.0 cm³/mol. The van der Waals surface area contributed by atoms with Crippen molar-refractivity contribution in [2.75, 3.05) is 7.11 Å². The molecule has 0 amide bonds. The lowest BCUT2D eigenvalue weighted by Crippen LogP contribution is -2.02. The van der Waals surface area contributed by atoms with Gasteiger partial charge in [-0.1, -0.05) is 28.9 Å². The number of ether oxygens (including phenoxy) is 1. The molecule has 2 unspecified atom stereocenters. The molecular formula is C15H15Br2NO. The van der Waals surface area contributed by atoms with Crippen molar-refractivity contribution in [2.24, 2.45) is 0 Å². The minimum Gasteiger partial charge on any atom is -0.496 e. The van der Waals surface area contributed by atoms with E-state index < -0.39 is 0 Å². The molecule has 1 heterocycles. The molecule has 2 nitrogen and oxygen atoms in total. The fraction of sp³-hybridized carbons (Fsp3) is 0.267. The zero-order valence-corrected chi connectivity index (χ0v) is 14.0. The summed E-state index contributed by atoms with van der Waals surface area (Å²) in [6, 6.07) is 10.3.